The predicted molar refractivity (Wildman–Crippen MR) is 93.7 cm³/mol. The summed E-state index contributed by atoms with van der Waals surface area (Å²) in [6, 6.07) is 4.52. The molecule has 2 fully saturated rings. The first-order valence-electron chi connectivity index (χ1n) is 8.12. The van der Waals surface area contributed by atoms with Gasteiger partial charge in [0.25, 0.3) is 6.43 Å². The summed E-state index contributed by atoms with van der Waals surface area (Å²) in [5.74, 6) is -0.447. The highest BCUT2D eigenvalue weighted by Gasteiger charge is 2.33. The van der Waals surface area contributed by atoms with Crippen molar-refractivity contribution in [2.45, 2.75) is 12.5 Å². The van der Waals surface area contributed by atoms with Crippen molar-refractivity contribution in [3.63, 3.8) is 0 Å². The molecule has 6 nitrogen and oxygen atoms in total. The van der Waals surface area contributed by atoms with Crippen LogP contribution in [0.4, 0.5) is 29.3 Å². The molecule has 0 saturated carbocycles. The van der Waals surface area contributed by atoms with Crippen molar-refractivity contribution in [3.05, 3.63) is 24.0 Å². The van der Waals surface area contributed by atoms with Gasteiger partial charge in [0, 0.05) is 13.1 Å². The summed E-state index contributed by atoms with van der Waals surface area (Å²) in [5.41, 5.74) is 0.800. The highest BCUT2D eigenvalue weighted by atomic mass is 32.1. The minimum atomic E-state index is -2.76. The van der Waals surface area contributed by atoms with E-state index in [2.05, 4.69) is 17.5 Å². The van der Waals surface area contributed by atoms with Crippen LogP contribution < -0.4 is 15.1 Å². The van der Waals surface area contributed by atoms with Crippen molar-refractivity contribution in [1.29, 1.82) is 0 Å². The number of carbonyl (C=O) groups excluding carboxylic acids is 1. The molecular weight excluding hydrogens is 371 g/mol. The van der Waals surface area contributed by atoms with E-state index >= 15 is 0 Å². The van der Waals surface area contributed by atoms with Crippen LogP contribution in [0.1, 0.15) is 0 Å². The highest BCUT2D eigenvalue weighted by Crippen LogP contribution is 2.28. The lowest BCUT2D eigenvalue weighted by Gasteiger charge is -2.29. The molecule has 0 radical (unpaired) electrons. The molecule has 0 unspecified atom stereocenters. The molecule has 26 heavy (non-hydrogen) atoms. The second-order valence-electron chi connectivity index (χ2n) is 5.90. The number of benzene rings is 1. The Morgan fingerprint density at radius 2 is 2.08 bits per heavy atom. The van der Waals surface area contributed by atoms with Gasteiger partial charge in [0.1, 0.15) is 16.9 Å². The van der Waals surface area contributed by atoms with Crippen molar-refractivity contribution >= 4 is 34.7 Å². The molecule has 0 spiro atoms. The van der Waals surface area contributed by atoms with E-state index in [1.54, 1.807) is 12.1 Å². The summed E-state index contributed by atoms with van der Waals surface area (Å²) in [5, 5.41) is 2.37. The number of anilines is 2. The quantitative estimate of drug-likeness (QED) is 0.779. The van der Waals surface area contributed by atoms with Gasteiger partial charge in [-0.15, -0.1) is 0 Å². The van der Waals surface area contributed by atoms with Crippen LogP contribution in [0, 0.1) is 5.82 Å². The van der Waals surface area contributed by atoms with Crippen LogP contribution in [0.25, 0.3) is 0 Å². The number of hydrogen-bond donors (Lipinski definition) is 1. The highest BCUT2D eigenvalue weighted by molar-refractivity contribution is 7.80. The van der Waals surface area contributed by atoms with E-state index in [9.17, 15) is 18.0 Å². The summed E-state index contributed by atoms with van der Waals surface area (Å²) < 4.78 is 49.6. The number of morpholine rings is 1. The molecule has 0 aliphatic carbocycles. The molecule has 1 N–H and O–H groups in total. The molecule has 2 aliphatic heterocycles. The normalized spacial score (nSPS) is 20.5. The van der Waals surface area contributed by atoms with Crippen molar-refractivity contribution in [2.75, 3.05) is 49.2 Å². The second-order valence-corrected chi connectivity index (χ2v) is 6.34. The largest absolute Gasteiger partial charge is 0.442 e. The lowest BCUT2D eigenvalue weighted by atomic mass is 10.2. The van der Waals surface area contributed by atoms with Gasteiger partial charge in [-0.05, 0) is 18.2 Å². The van der Waals surface area contributed by atoms with Crippen LogP contribution in [-0.2, 0) is 9.47 Å². The van der Waals surface area contributed by atoms with Crippen molar-refractivity contribution in [2.24, 2.45) is 0 Å². The fraction of sp³-hybridized carbons (Fsp3) is 0.500. The molecule has 0 aromatic heterocycles. The summed E-state index contributed by atoms with van der Waals surface area (Å²) >= 11 is 4.48. The number of halogens is 3. The maximum Gasteiger partial charge on any atom is 0.414 e. The fourth-order valence-electron chi connectivity index (χ4n) is 2.85. The molecule has 3 rings (SSSR count). The van der Waals surface area contributed by atoms with E-state index in [4.69, 9.17) is 9.47 Å². The number of hydrogen-bond acceptors (Lipinski definition) is 5. The molecule has 1 aromatic carbocycles. The van der Waals surface area contributed by atoms with Gasteiger partial charge in [0.05, 0.1) is 37.7 Å². The number of alkyl halides is 2. The molecule has 2 aliphatic rings. The molecule has 2 saturated heterocycles. The molecular formula is C16H18F3N3O3S. The lowest BCUT2D eigenvalue weighted by molar-refractivity contribution is 0.122. The van der Waals surface area contributed by atoms with Crippen molar-refractivity contribution in [3.8, 4) is 0 Å². The van der Waals surface area contributed by atoms with Crippen LogP contribution in [0.5, 0.6) is 0 Å². The van der Waals surface area contributed by atoms with E-state index < -0.39 is 29.4 Å². The topological polar surface area (TPSA) is 54.0 Å². The molecule has 2 heterocycles. The van der Waals surface area contributed by atoms with Gasteiger partial charge < -0.3 is 19.7 Å². The number of carbonyl (C=O) groups is 1. The first-order chi connectivity index (χ1) is 12.5. The number of rotatable bonds is 5. The number of ether oxygens (including phenoxy) is 2. The maximum absolute atomic E-state index is 14.5. The van der Waals surface area contributed by atoms with Crippen LogP contribution in [0.3, 0.4) is 0 Å². The zero-order chi connectivity index (χ0) is 18.7. The van der Waals surface area contributed by atoms with E-state index in [1.807, 2.05) is 4.90 Å². The van der Waals surface area contributed by atoms with Gasteiger partial charge >= 0.3 is 6.09 Å². The van der Waals surface area contributed by atoms with Gasteiger partial charge in [-0.2, -0.15) is 0 Å². The van der Waals surface area contributed by atoms with Gasteiger partial charge in [-0.25, -0.2) is 18.0 Å². The number of amides is 1. The molecule has 10 heteroatoms. The summed E-state index contributed by atoms with van der Waals surface area (Å²) in [6.45, 7) is 2.36. The second kappa shape index (κ2) is 8.09. The van der Waals surface area contributed by atoms with Crippen molar-refractivity contribution in [1.82, 2.24) is 5.32 Å². The number of thiocarbonyl (C=S) groups is 1. The maximum atomic E-state index is 14.5. The number of nitrogens with zero attached hydrogens (tertiary/aromatic N) is 2. The van der Waals surface area contributed by atoms with Gasteiger partial charge in [0.2, 0.25) is 0 Å². The summed E-state index contributed by atoms with van der Waals surface area (Å²) in [6.07, 6.45) is -4.07. The minimum absolute atomic E-state index is 0.0280. The monoisotopic (exact) mass is 389 g/mol. The Hall–Kier alpha value is -2.07. The zero-order valence-electron chi connectivity index (χ0n) is 13.8. The molecule has 0 bridgehead atoms. The summed E-state index contributed by atoms with van der Waals surface area (Å²) in [4.78, 5) is 14.6. The average molecular weight is 389 g/mol. The standard InChI is InChI=1S/C16H18F3N3O3S/c17-12-7-10(1-2-13(12)21-3-5-24-6-4-21)22-9-11(25-16(22)23)8-20-15(26)14(18)19/h1-2,7,11,14H,3-6,8-9H2,(H,20,26)/t11-/m0/s1. The van der Waals surface area contributed by atoms with Crippen LogP contribution >= 0.6 is 12.2 Å². The number of nitrogens with one attached hydrogen (secondary N) is 1. The third-order valence-electron chi connectivity index (χ3n) is 4.17. The van der Waals surface area contributed by atoms with Crippen LogP contribution in [0.2, 0.25) is 0 Å². The molecule has 1 amide bonds. The third kappa shape index (κ3) is 4.18. The third-order valence-corrected chi connectivity index (χ3v) is 4.49. The predicted octanol–water partition coefficient (Wildman–Crippen LogP) is 2.17. The minimum Gasteiger partial charge on any atom is -0.442 e. The Kier molecular flexibility index (Phi) is 5.82. The van der Waals surface area contributed by atoms with Gasteiger partial charge in [0.15, 0.2) is 0 Å². The Morgan fingerprint density at radius 1 is 1.35 bits per heavy atom. The zero-order valence-corrected chi connectivity index (χ0v) is 14.6. The van der Waals surface area contributed by atoms with Crippen molar-refractivity contribution < 1.29 is 27.4 Å². The Bertz CT molecular complexity index is 686. The van der Waals surface area contributed by atoms with Crippen LogP contribution in [0.15, 0.2) is 18.2 Å². The van der Waals surface area contributed by atoms with E-state index in [1.165, 1.54) is 11.0 Å². The molecule has 1 atom stereocenters. The fourth-order valence-corrected chi connectivity index (χ4v) is 2.94. The molecule has 142 valence electrons. The molecule has 1 aromatic rings. The van der Waals surface area contributed by atoms with Crippen LogP contribution in [-0.4, -0.2) is 63.0 Å². The SMILES string of the molecule is O=C1O[C@@H](CNC(=S)C(F)F)CN1c1ccc(N2CCOCC2)c(F)c1. The smallest absolute Gasteiger partial charge is 0.414 e. The van der Waals surface area contributed by atoms with E-state index in [0.717, 1.165) is 0 Å². The number of cyclic esters (lactones) is 1. The Morgan fingerprint density at radius 3 is 2.73 bits per heavy atom. The lowest BCUT2D eigenvalue weighted by Crippen LogP contribution is -2.37. The first kappa shape index (κ1) is 18.7. The Labute approximate surface area is 153 Å². The Balaban J connectivity index is 1.64. The summed E-state index contributed by atoms with van der Waals surface area (Å²) in [7, 11) is 0. The van der Waals surface area contributed by atoms with E-state index in [0.29, 0.717) is 37.7 Å². The van der Waals surface area contributed by atoms with Gasteiger partial charge in [-0.1, -0.05) is 12.2 Å². The first-order valence-corrected chi connectivity index (χ1v) is 8.53. The average Bonchev–Trinajstić information content (AvgIpc) is 3.01. The van der Waals surface area contributed by atoms with Gasteiger partial charge in [-0.3, -0.25) is 4.90 Å². The van der Waals surface area contributed by atoms with E-state index in [-0.39, 0.29) is 13.1 Å².